The maximum atomic E-state index is 13.2. The molecule has 2 aromatic rings. The van der Waals surface area contributed by atoms with Crippen molar-refractivity contribution in [2.45, 2.75) is 32.5 Å². The highest BCUT2D eigenvalue weighted by molar-refractivity contribution is 5.88. The highest BCUT2D eigenvalue weighted by Crippen LogP contribution is 2.38. The zero-order chi connectivity index (χ0) is 14.9. The van der Waals surface area contributed by atoms with E-state index < -0.39 is 11.7 Å². The Kier molecular flexibility index (Phi) is 4.09. The molecule has 0 bridgehead atoms. The third-order valence-corrected chi connectivity index (χ3v) is 3.44. The van der Waals surface area contributed by atoms with Gasteiger partial charge in [-0.25, -0.2) is 0 Å². The second-order valence-electron chi connectivity index (χ2n) is 5.21. The van der Waals surface area contributed by atoms with Crippen LogP contribution in [0.2, 0.25) is 0 Å². The lowest BCUT2D eigenvalue weighted by Crippen LogP contribution is -2.11. The Labute approximate surface area is 116 Å². The Morgan fingerprint density at radius 3 is 2.50 bits per heavy atom. The lowest BCUT2D eigenvalue weighted by Gasteiger charge is -2.12. The van der Waals surface area contributed by atoms with E-state index in [-0.39, 0.29) is 6.04 Å². The van der Waals surface area contributed by atoms with Gasteiger partial charge in [0.2, 0.25) is 0 Å². The lowest BCUT2D eigenvalue weighted by molar-refractivity contribution is -0.136. The van der Waals surface area contributed by atoms with Crippen molar-refractivity contribution in [3.05, 3.63) is 35.5 Å². The molecule has 0 aliphatic carbocycles. The van der Waals surface area contributed by atoms with Gasteiger partial charge in [0, 0.05) is 23.1 Å². The quantitative estimate of drug-likeness (QED) is 0.898. The van der Waals surface area contributed by atoms with Crippen LogP contribution in [0.1, 0.15) is 31.0 Å². The third kappa shape index (κ3) is 2.68. The summed E-state index contributed by atoms with van der Waals surface area (Å²) in [5.41, 5.74) is 0.859. The van der Waals surface area contributed by atoms with Gasteiger partial charge in [0.1, 0.15) is 0 Å². The van der Waals surface area contributed by atoms with Crippen LogP contribution in [0.4, 0.5) is 13.2 Å². The molecule has 0 unspecified atom stereocenters. The van der Waals surface area contributed by atoms with Gasteiger partial charge in [-0.3, -0.25) is 0 Å². The van der Waals surface area contributed by atoms with E-state index in [2.05, 4.69) is 5.32 Å². The molecule has 0 saturated heterocycles. The van der Waals surface area contributed by atoms with Gasteiger partial charge in [0.25, 0.3) is 0 Å². The Hall–Kier alpha value is -1.49. The highest BCUT2D eigenvalue weighted by Gasteiger charge is 2.34. The van der Waals surface area contributed by atoms with Crippen LogP contribution in [-0.2, 0) is 12.6 Å². The van der Waals surface area contributed by atoms with Gasteiger partial charge in [-0.15, -0.1) is 0 Å². The van der Waals surface area contributed by atoms with Crippen LogP contribution in [0.5, 0.6) is 0 Å². The number of alkyl halides is 3. The number of hydrogen-bond acceptors (Lipinski definition) is 1. The molecule has 110 valence electrons. The normalized spacial score (nSPS) is 12.6. The second-order valence-corrected chi connectivity index (χ2v) is 5.21. The first-order valence-electron chi connectivity index (χ1n) is 6.70. The van der Waals surface area contributed by atoms with Crippen molar-refractivity contribution in [3.8, 4) is 0 Å². The highest BCUT2D eigenvalue weighted by atomic mass is 19.4. The van der Waals surface area contributed by atoms with Crippen molar-refractivity contribution in [1.82, 2.24) is 9.88 Å². The van der Waals surface area contributed by atoms with Gasteiger partial charge in [-0.1, -0.05) is 6.07 Å². The van der Waals surface area contributed by atoms with Crippen molar-refractivity contribution in [1.29, 1.82) is 0 Å². The van der Waals surface area contributed by atoms with Gasteiger partial charge in [-0.2, -0.15) is 13.2 Å². The van der Waals surface area contributed by atoms with E-state index in [9.17, 15) is 13.2 Å². The van der Waals surface area contributed by atoms with Gasteiger partial charge in [0.05, 0.1) is 5.56 Å². The van der Waals surface area contributed by atoms with Crippen molar-refractivity contribution >= 4 is 10.9 Å². The topological polar surface area (TPSA) is 17.0 Å². The number of likely N-dealkylation sites (N-methyl/N-ethyl adjacent to an activating group) is 1. The number of halogens is 3. The summed E-state index contributed by atoms with van der Waals surface area (Å²) in [6, 6.07) is 4.53. The summed E-state index contributed by atoms with van der Waals surface area (Å²) in [5.74, 6) is 0. The van der Waals surface area contributed by atoms with Crippen LogP contribution < -0.4 is 5.32 Å². The van der Waals surface area contributed by atoms with Crippen molar-refractivity contribution in [3.63, 3.8) is 0 Å². The molecular formula is C15H19F3N2. The molecular weight excluding hydrogens is 265 g/mol. The van der Waals surface area contributed by atoms with Gasteiger partial charge < -0.3 is 9.88 Å². The summed E-state index contributed by atoms with van der Waals surface area (Å²) in [7, 11) is 1.80. The first kappa shape index (κ1) is 14.9. The third-order valence-electron chi connectivity index (χ3n) is 3.44. The number of fused-ring (bicyclic) bond motifs is 1. The molecule has 1 N–H and O–H groups in total. The molecule has 0 amide bonds. The zero-order valence-corrected chi connectivity index (χ0v) is 11.9. The average Bonchev–Trinajstić information content (AvgIpc) is 2.74. The fourth-order valence-electron chi connectivity index (χ4n) is 2.51. The largest absolute Gasteiger partial charge is 0.417 e. The molecule has 2 rings (SSSR count). The van der Waals surface area contributed by atoms with E-state index in [0.29, 0.717) is 23.9 Å². The fourth-order valence-corrected chi connectivity index (χ4v) is 2.51. The van der Waals surface area contributed by atoms with Crippen LogP contribution in [0.3, 0.4) is 0 Å². The second kappa shape index (κ2) is 5.48. The van der Waals surface area contributed by atoms with Crippen LogP contribution in [0, 0.1) is 0 Å². The summed E-state index contributed by atoms with van der Waals surface area (Å²) < 4.78 is 41.5. The van der Waals surface area contributed by atoms with E-state index >= 15 is 0 Å². The maximum absolute atomic E-state index is 13.2. The molecule has 5 heteroatoms. The van der Waals surface area contributed by atoms with Crippen molar-refractivity contribution < 1.29 is 13.2 Å². The Morgan fingerprint density at radius 2 is 1.95 bits per heavy atom. The molecule has 0 radical (unpaired) electrons. The fraction of sp³-hybridized carbons (Fsp3) is 0.467. The molecule has 0 fully saturated rings. The number of nitrogens with one attached hydrogen (secondary N) is 1. The number of benzene rings is 1. The summed E-state index contributed by atoms with van der Waals surface area (Å²) in [4.78, 5) is 0. The molecule has 0 aliphatic heterocycles. The molecule has 0 saturated carbocycles. The van der Waals surface area contributed by atoms with Gasteiger partial charge in [-0.05, 0) is 51.6 Å². The molecule has 2 nitrogen and oxygen atoms in total. The minimum atomic E-state index is -4.32. The van der Waals surface area contributed by atoms with E-state index in [1.54, 1.807) is 13.1 Å². The molecule has 1 heterocycles. The Balaban J connectivity index is 2.70. The van der Waals surface area contributed by atoms with E-state index in [1.807, 2.05) is 24.6 Å². The minimum absolute atomic E-state index is 0.129. The predicted octanol–water partition coefficient (Wildman–Crippen LogP) is 4.00. The predicted molar refractivity (Wildman–Crippen MR) is 75.0 cm³/mol. The first-order chi connectivity index (χ1) is 9.36. The number of rotatable bonds is 4. The van der Waals surface area contributed by atoms with Crippen LogP contribution in [-0.4, -0.2) is 18.2 Å². The lowest BCUT2D eigenvalue weighted by atomic mass is 10.0. The van der Waals surface area contributed by atoms with E-state index in [0.717, 1.165) is 11.6 Å². The molecule has 0 atom stereocenters. The molecule has 0 spiro atoms. The average molecular weight is 284 g/mol. The Bertz CT molecular complexity index is 597. The minimum Gasteiger partial charge on any atom is -0.345 e. The Morgan fingerprint density at radius 1 is 1.25 bits per heavy atom. The molecule has 1 aromatic carbocycles. The molecule has 1 aromatic heterocycles. The first-order valence-corrected chi connectivity index (χ1v) is 6.70. The number of nitrogens with zero attached hydrogens (tertiary/aromatic N) is 1. The van der Waals surface area contributed by atoms with E-state index in [4.69, 9.17) is 0 Å². The van der Waals surface area contributed by atoms with Crippen LogP contribution in [0.25, 0.3) is 10.9 Å². The summed E-state index contributed by atoms with van der Waals surface area (Å²) in [6.45, 7) is 4.60. The summed E-state index contributed by atoms with van der Waals surface area (Å²) >= 11 is 0. The molecule has 0 aliphatic rings. The van der Waals surface area contributed by atoms with E-state index in [1.165, 1.54) is 6.07 Å². The standard InChI is InChI=1S/C15H19F3N2/c1-10(2)20-9-11(7-8-19-3)14-12(15(16,17)18)5-4-6-13(14)20/h4-6,9-10,19H,7-8H2,1-3H3. The number of hydrogen-bond donors (Lipinski definition) is 1. The van der Waals surface area contributed by atoms with Gasteiger partial charge in [0.15, 0.2) is 0 Å². The summed E-state index contributed by atoms with van der Waals surface area (Å²) in [5, 5.41) is 3.32. The smallest absolute Gasteiger partial charge is 0.345 e. The zero-order valence-electron chi connectivity index (χ0n) is 11.9. The van der Waals surface area contributed by atoms with Crippen molar-refractivity contribution in [2.24, 2.45) is 0 Å². The monoisotopic (exact) mass is 284 g/mol. The summed E-state index contributed by atoms with van der Waals surface area (Å²) in [6.07, 6.45) is -1.89. The van der Waals surface area contributed by atoms with Gasteiger partial charge >= 0.3 is 6.18 Å². The van der Waals surface area contributed by atoms with Crippen LogP contribution >= 0.6 is 0 Å². The number of aromatic nitrogens is 1. The molecule has 20 heavy (non-hydrogen) atoms. The van der Waals surface area contributed by atoms with Crippen molar-refractivity contribution in [2.75, 3.05) is 13.6 Å². The van der Waals surface area contributed by atoms with Crippen LogP contribution in [0.15, 0.2) is 24.4 Å². The SMILES string of the molecule is CNCCc1cn(C(C)C)c2cccc(C(F)(F)F)c12. The maximum Gasteiger partial charge on any atom is 0.417 e.